The van der Waals surface area contributed by atoms with Crippen molar-refractivity contribution in [3.63, 3.8) is 0 Å². The first kappa shape index (κ1) is 13.8. The van der Waals surface area contributed by atoms with Crippen molar-refractivity contribution in [2.75, 3.05) is 6.54 Å². The minimum absolute atomic E-state index is 0.249. The van der Waals surface area contributed by atoms with Crippen LogP contribution in [-0.4, -0.2) is 27.2 Å². The number of H-pyrrole nitrogens is 1. The third kappa shape index (κ3) is 2.53. The molecule has 2 aliphatic carbocycles. The summed E-state index contributed by atoms with van der Waals surface area (Å²) in [6.07, 6.45) is 5.83. The van der Waals surface area contributed by atoms with Crippen LogP contribution in [0, 0.1) is 22.5 Å². The molecule has 2 aliphatic rings. The molecule has 0 radical (unpaired) electrons. The summed E-state index contributed by atoms with van der Waals surface area (Å²) >= 11 is 5.15. The predicted molar refractivity (Wildman–Crippen MR) is 78.7 cm³/mol. The number of hydrogen-bond acceptors (Lipinski definition) is 3. The van der Waals surface area contributed by atoms with Gasteiger partial charge in [-0.15, -0.1) is 0 Å². The summed E-state index contributed by atoms with van der Waals surface area (Å²) < 4.78 is 2.63. The van der Waals surface area contributed by atoms with Crippen LogP contribution in [0.3, 0.4) is 0 Å². The molecule has 2 saturated carbocycles. The number of nitrogens with zero attached hydrogens (tertiary/aromatic N) is 2. The summed E-state index contributed by atoms with van der Waals surface area (Å²) in [5.74, 6) is 2.82. The molecule has 3 rings (SSSR count). The maximum Gasteiger partial charge on any atom is 0.223 e. The van der Waals surface area contributed by atoms with Gasteiger partial charge in [0.1, 0.15) is 5.82 Å². The van der Waals surface area contributed by atoms with Crippen molar-refractivity contribution in [2.24, 2.45) is 17.8 Å². The largest absolute Gasteiger partial charge is 0.355 e. The maximum absolute atomic E-state index is 12.2. The molecular formula is C14H22N4OS. The molecule has 5 nitrogen and oxygen atoms in total. The van der Waals surface area contributed by atoms with E-state index in [9.17, 15) is 4.79 Å². The van der Waals surface area contributed by atoms with Crippen LogP contribution in [0.5, 0.6) is 0 Å². The van der Waals surface area contributed by atoms with Gasteiger partial charge in [0, 0.05) is 25.4 Å². The Hall–Kier alpha value is -1.17. The number of carbonyl (C=O) groups excluding carboxylic acids is 1. The molecule has 0 aliphatic heterocycles. The van der Waals surface area contributed by atoms with Gasteiger partial charge < -0.3 is 9.88 Å². The first-order valence-electron chi connectivity index (χ1n) is 7.64. The summed E-state index contributed by atoms with van der Waals surface area (Å²) in [6.45, 7) is 3.50. The third-order valence-corrected chi connectivity index (χ3v) is 5.07. The van der Waals surface area contributed by atoms with Gasteiger partial charge in [-0.3, -0.25) is 9.89 Å². The van der Waals surface area contributed by atoms with Crippen LogP contribution in [-0.2, 0) is 17.8 Å². The van der Waals surface area contributed by atoms with Crippen molar-refractivity contribution in [2.45, 2.75) is 45.6 Å². The average Bonchev–Trinajstić information content (AvgIpc) is 3.09. The molecule has 0 aromatic carbocycles. The normalized spacial score (nSPS) is 27.9. The van der Waals surface area contributed by atoms with E-state index in [1.807, 2.05) is 11.5 Å². The number of aromatic nitrogens is 3. The average molecular weight is 294 g/mol. The van der Waals surface area contributed by atoms with E-state index < -0.39 is 0 Å². The Morgan fingerprint density at radius 3 is 2.80 bits per heavy atom. The SMILES string of the molecule is CCn1c(CCNC(=O)C2C3CCCCC32)n[nH]c1=S. The van der Waals surface area contributed by atoms with Crippen LogP contribution in [0.1, 0.15) is 38.4 Å². The van der Waals surface area contributed by atoms with Gasteiger partial charge in [-0.25, -0.2) is 0 Å². The quantitative estimate of drug-likeness (QED) is 0.817. The van der Waals surface area contributed by atoms with Crippen molar-refractivity contribution in [1.29, 1.82) is 0 Å². The van der Waals surface area contributed by atoms with Gasteiger partial charge in [0.05, 0.1) is 0 Å². The van der Waals surface area contributed by atoms with Crippen molar-refractivity contribution < 1.29 is 4.79 Å². The molecule has 110 valence electrons. The summed E-state index contributed by atoms with van der Waals surface area (Å²) in [4.78, 5) is 12.2. The van der Waals surface area contributed by atoms with Crippen LogP contribution in [0.15, 0.2) is 0 Å². The summed E-state index contributed by atoms with van der Waals surface area (Å²) in [5.41, 5.74) is 0. The van der Waals surface area contributed by atoms with Crippen LogP contribution < -0.4 is 5.32 Å². The van der Waals surface area contributed by atoms with E-state index >= 15 is 0 Å². The standard InChI is InChI=1S/C14H22N4OS/c1-2-18-11(16-17-14(18)20)7-8-15-13(19)12-9-5-3-4-6-10(9)12/h9-10,12H,2-8H2,1H3,(H,15,19)(H,17,20). The maximum atomic E-state index is 12.2. The molecule has 1 aromatic heterocycles. The number of hydrogen-bond donors (Lipinski definition) is 2. The van der Waals surface area contributed by atoms with E-state index in [0.29, 0.717) is 29.1 Å². The highest BCUT2D eigenvalue weighted by Gasteiger charge is 2.54. The monoisotopic (exact) mass is 294 g/mol. The van der Waals surface area contributed by atoms with E-state index in [1.54, 1.807) is 0 Å². The third-order valence-electron chi connectivity index (χ3n) is 4.76. The van der Waals surface area contributed by atoms with Crippen molar-refractivity contribution >= 4 is 18.1 Å². The van der Waals surface area contributed by atoms with Gasteiger partial charge in [0.2, 0.25) is 5.91 Å². The van der Waals surface area contributed by atoms with Crippen LogP contribution in [0.25, 0.3) is 0 Å². The molecule has 2 atom stereocenters. The van der Waals surface area contributed by atoms with Gasteiger partial charge in [-0.05, 0) is 43.8 Å². The molecule has 2 unspecified atom stereocenters. The molecule has 0 spiro atoms. The molecule has 6 heteroatoms. The van der Waals surface area contributed by atoms with E-state index in [1.165, 1.54) is 25.7 Å². The number of aromatic amines is 1. The fraction of sp³-hybridized carbons (Fsp3) is 0.786. The second kappa shape index (κ2) is 5.68. The Kier molecular flexibility index (Phi) is 3.92. The highest BCUT2D eigenvalue weighted by molar-refractivity contribution is 7.71. The first-order valence-corrected chi connectivity index (χ1v) is 8.05. The van der Waals surface area contributed by atoms with Crippen LogP contribution in [0.4, 0.5) is 0 Å². The van der Waals surface area contributed by atoms with Crippen molar-refractivity contribution in [3.05, 3.63) is 10.6 Å². The molecule has 1 heterocycles. The number of carbonyl (C=O) groups is 1. The Morgan fingerprint density at radius 2 is 2.15 bits per heavy atom. The summed E-state index contributed by atoms with van der Waals surface area (Å²) in [6, 6.07) is 0. The van der Waals surface area contributed by atoms with E-state index in [2.05, 4.69) is 15.5 Å². The Labute approximate surface area is 124 Å². The lowest BCUT2D eigenvalue weighted by Crippen LogP contribution is -2.28. The van der Waals surface area contributed by atoms with Crippen molar-refractivity contribution in [1.82, 2.24) is 20.1 Å². The highest BCUT2D eigenvalue weighted by atomic mass is 32.1. The lowest BCUT2D eigenvalue weighted by atomic mass is 10.0. The highest BCUT2D eigenvalue weighted by Crippen LogP contribution is 2.55. The molecule has 0 saturated heterocycles. The zero-order valence-corrected chi connectivity index (χ0v) is 12.7. The Bertz CT molecular complexity index is 538. The first-order chi connectivity index (χ1) is 9.72. The zero-order chi connectivity index (χ0) is 14.1. The second-order valence-corrected chi connectivity index (χ2v) is 6.25. The minimum atomic E-state index is 0.249. The minimum Gasteiger partial charge on any atom is -0.355 e. The number of rotatable bonds is 5. The summed E-state index contributed by atoms with van der Waals surface area (Å²) in [5, 5.41) is 10.1. The predicted octanol–water partition coefficient (Wildman–Crippen LogP) is 2.06. The Balaban J connectivity index is 1.48. The van der Waals surface area contributed by atoms with Gasteiger partial charge in [-0.2, -0.15) is 5.10 Å². The fourth-order valence-electron chi connectivity index (χ4n) is 3.66. The topological polar surface area (TPSA) is 62.7 Å². The van der Waals surface area contributed by atoms with Crippen molar-refractivity contribution in [3.8, 4) is 0 Å². The molecule has 2 fully saturated rings. The van der Waals surface area contributed by atoms with Gasteiger partial charge in [-0.1, -0.05) is 12.8 Å². The number of fused-ring (bicyclic) bond motifs is 1. The van der Waals surface area contributed by atoms with Gasteiger partial charge >= 0.3 is 0 Å². The molecule has 1 amide bonds. The fourth-order valence-corrected chi connectivity index (χ4v) is 3.94. The molecule has 20 heavy (non-hydrogen) atoms. The zero-order valence-electron chi connectivity index (χ0n) is 11.9. The molecule has 2 N–H and O–H groups in total. The molecule has 1 aromatic rings. The number of nitrogens with one attached hydrogen (secondary N) is 2. The number of amides is 1. The smallest absolute Gasteiger partial charge is 0.223 e. The lowest BCUT2D eigenvalue weighted by Gasteiger charge is -2.05. The van der Waals surface area contributed by atoms with E-state index in [4.69, 9.17) is 12.2 Å². The van der Waals surface area contributed by atoms with E-state index in [0.717, 1.165) is 18.8 Å². The van der Waals surface area contributed by atoms with Gasteiger partial charge in [0.25, 0.3) is 0 Å². The lowest BCUT2D eigenvalue weighted by molar-refractivity contribution is -0.122. The molecular weight excluding hydrogens is 272 g/mol. The van der Waals surface area contributed by atoms with E-state index in [-0.39, 0.29) is 5.91 Å². The molecule has 0 bridgehead atoms. The summed E-state index contributed by atoms with van der Waals surface area (Å²) in [7, 11) is 0. The van der Waals surface area contributed by atoms with Crippen LogP contribution >= 0.6 is 12.2 Å². The van der Waals surface area contributed by atoms with Crippen LogP contribution in [0.2, 0.25) is 0 Å². The van der Waals surface area contributed by atoms with Gasteiger partial charge in [0.15, 0.2) is 4.77 Å². The second-order valence-electron chi connectivity index (χ2n) is 5.87. The Morgan fingerprint density at radius 1 is 1.45 bits per heavy atom.